The van der Waals surface area contributed by atoms with E-state index in [2.05, 4.69) is 51.8 Å². The van der Waals surface area contributed by atoms with Crippen LogP contribution in [0.3, 0.4) is 0 Å². The molecule has 0 amide bonds. The second-order valence-electron chi connectivity index (χ2n) is 5.75. The predicted octanol–water partition coefficient (Wildman–Crippen LogP) is 2.84. The standard InChI is InChI=1S/C16H24N4S/c1-3-20-12-15(10-17-20)11-18-5-7-19(8-6-18)14(2)16-4-9-21-13-16/h4,9-10,12-14H,3,5-8,11H2,1-2H3/t14-/m0/s1. The average Bonchev–Trinajstić information content (AvgIpc) is 3.19. The van der Waals surface area contributed by atoms with Crippen LogP contribution in [0.4, 0.5) is 0 Å². The monoisotopic (exact) mass is 304 g/mol. The predicted molar refractivity (Wildman–Crippen MR) is 87.5 cm³/mol. The third-order valence-electron chi connectivity index (χ3n) is 4.40. The van der Waals surface area contributed by atoms with Crippen LogP contribution in [0.25, 0.3) is 0 Å². The molecule has 0 saturated carbocycles. The van der Waals surface area contributed by atoms with Crippen molar-refractivity contribution < 1.29 is 0 Å². The summed E-state index contributed by atoms with van der Waals surface area (Å²) in [6, 6.07) is 2.79. The maximum atomic E-state index is 4.36. The summed E-state index contributed by atoms with van der Waals surface area (Å²) in [6.07, 6.45) is 4.17. The van der Waals surface area contributed by atoms with E-state index in [0.717, 1.165) is 39.3 Å². The Morgan fingerprint density at radius 1 is 1.29 bits per heavy atom. The van der Waals surface area contributed by atoms with Crippen molar-refractivity contribution in [2.45, 2.75) is 33.0 Å². The zero-order valence-electron chi connectivity index (χ0n) is 12.9. The van der Waals surface area contributed by atoms with Crippen molar-refractivity contribution in [3.8, 4) is 0 Å². The lowest BCUT2D eigenvalue weighted by atomic mass is 10.1. The van der Waals surface area contributed by atoms with Gasteiger partial charge in [-0.2, -0.15) is 16.4 Å². The van der Waals surface area contributed by atoms with E-state index < -0.39 is 0 Å². The van der Waals surface area contributed by atoms with E-state index in [0.29, 0.717) is 6.04 Å². The normalized spacial score (nSPS) is 19.0. The van der Waals surface area contributed by atoms with E-state index in [-0.39, 0.29) is 0 Å². The molecule has 5 heteroatoms. The van der Waals surface area contributed by atoms with E-state index in [1.54, 1.807) is 11.3 Å². The van der Waals surface area contributed by atoms with E-state index in [1.807, 2.05) is 10.9 Å². The van der Waals surface area contributed by atoms with Crippen molar-refractivity contribution in [3.63, 3.8) is 0 Å². The SMILES string of the molecule is CCn1cc(CN2CCN([C@@H](C)c3ccsc3)CC2)cn1. The van der Waals surface area contributed by atoms with E-state index in [4.69, 9.17) is 0 Å². The molecule has 3 heterocycles. The Morgan fingerprint density at radius 3 is 2.71 bits per heavy atom. The van der Waals surface area contributed by atoms with E-state index >= 15 is 0 Å². The Kier molecular flexibility index (Phi) is 4.73. The fraction of sp³-hybridized carbons (Fsp3) is 0.562. The molecule has 0 aliphatic carbocycles. The molecule has 0 spiro atoms. The summed E-state index contributed by atoms with van der Waals surface area (Å²) < 4.78 is 2.00. The third kappa shape index (κ3) is 3.54. The Hall–Kier alpha value is -1.17. The summed E-state index contributed by atoms with van der Waals surface area (Å²) in [7, 11) is 0. The Morgan fingerprint density at radius 2 is 2.10 bits per heavy atom. The second-order valence-corrected chi connectivity index (χ2v) is 6.53. The van der Waals surface area contributed by atoms with Gasteiger partial charge in [-0.15, -0.1) is 0 Å². The summed E-state index contributed by atoms with van der Waals surface area (Å²) in [4.78, 5) is 5.13. The number of aryl methyl sites for hydroxylation is 1. The minimum absolute atomic E-state index is 0.543. The van der Waals surface area contributed by atoms with Crippen LogP contribution in [0.5, 0.6) is 0 Å². The average molecular weight is 304 g/mol. The van der Waals surface area contributed by atoms with Crippen LogP contribution in [-0.4, -0.2) is 45.8 Å². The molecule has 3 rings (SSSR count). The molecule has 21 heavy (non-hydrogen) atoms. The maximum absolute atomic E-state index is 4.36. The van der Waals surface area contributed by atoms with Gasteiger partial charge in [0.15, 0.2) is 0 Å². The van der Waals surface area contributed by atoms with Gasteiger partial charge in [0.1, 0.15) is 0 Å². The minimum atomic E-state index is 0.543. The van der Waals surface area contributed by atoms with Gasteiger partial charge in [0.05, 0.1) is 6.20 Å². The molecule has 1 atom stereocenters. The first-order chi connectivity index (χ1) is 10.3. The molecule has 0 aromatic carbocycles. The van der Waals surface area contributed by atoms with Crippen molar-refractivity contribution in [2.24, 2.45) is 0 Å². The van der Waals surface area contributed by atoms with Crippen LogP contribution in [0.2, 0.25) is 0 Å². The molecule has 0 N–H and O–H groups in total. The second kappa shape index (κ2) is 6.73. The van der Waals surface area contributed by atoms with Gasteiger partial charge in [0.2, 0.25) is 0 Å². The lowest BCUT2D eigenvalue weighted by Crippen LogP contribution is -2.46. The lowest BCUT2D eigenvalue weighted by Gasteiger charge is -2.37. The fourth-order valence-electron chi connectivity index (χ4n) is 2.95. The zero-order valence-corrected chi connectivity index (χ0v) is 13.7. The van der Waals surface area contributed by atoms with Crippen molar-refractivity contribution in [1.82, 2.24) is 19.6 Å². The first-order valence-electron chi connectivity index (χ1n) is 7.76. The molecule has 1 aliphatic rings. The molecule has 114 valence electrons. The largest absolute Gasteiger partial charge is 0.296 e. The van der Waals surface area contributed by atoms with Crippen molar-refractivity contribution >= 4 is 11.3 Å². The van der Waals surface area contributed by atoms with Gasteiger partial charge in [-0.3, -0.25) is 14.5 Å². The number of aromatic nitrogens is 2. The maximum Gasteiger partial charge on any atom is 0.0534 e. The van der Waals surface area contributed by atoms with Gasteiger partial charge in [0.25, 0.3) is 0 Å². The van der Waals surface area contributed by atoms with E-state index in [1.165, 1.54) is 11.1 Å². The van der Waals surface area contributed by atoms with Gasteiger partial charge >= 0.3 is 0 Å². The fourth-order valence-corrected chi connectivity index (χ4v) is 3.70. The van der Waals surface area contributed by atoms with Crippen molar-refractivity contribution in [1.29, 1.82) is 0 Å². The Labute approximate surface area is 131 Å². The number of hydrogen-bond acceptors (Lipinski definition) is 4. The van der Waals surface area contributed by atoms with Crippen LogP contribution in [0.1, 0.15) is 31.0 Å². The highest BCUT2D eigenvalue weighted by molar-refractivity contribution is 7.07. The molecule has 1 fully saturated rings. The molecular formula is C16H24N4S. The number of rotatable bonds is 5. The molecule has 2 aromatic rings. The third-order valence-corrected chi connectivity index (χ3v) is 5.10. The minimum Gasteiger partial charge on any atom is -0.296 e. The summed E-state index contributed by atoms with van der Waals surface area (Å²) in [5, 5.41) is 8.81. The first-order valence-corrected chi connectivity index (χ1v) is 8.70. The molecule has 1 aliphatic heterocycles. The van der Waals surface area contributed by atoms with Crippen LogP contribution < -0.4 is 0 Å². The molecule has 4 nitrogen and oxygen atoms in total. The quantitative estimate of drug-likeness (QED) is 0.849. The van der Waals surface area contributed by atoms with Gasteiger partial charge in [0, 0.05) is 57.1 Å². The topological polar surface area (TPSA) is 24.3 Å². The van der Waals surface area contributed by atoms with Crippen LogP contribution in [0, 0.1) is 0 Å². The molecule has 0 radical (unpaired) electrons. The highest BCUT2D eigenvalue weighted by Gasteiger charge is 2.22. The summed E-state index contributed by atoms with van der Waals surface area (Å²) >= 11 is 1.79. The summed E-state index contributed by atoms with van der Waals surface area (Å²) in [5.41, 5.74) is 2.79. The molecule has 1 saturated heterocycles. The Balaban J connectivity index is 1.50. The van der Waals surface area contributed by atoms with Crippen LogP contribution in [-0.2, 0) is 13.1 Å². The Bertz CT molecular complexity index is 540. The van der Waals surface area contributed by atoms with Gasteiger partial charge < -0.3 is 0 Å². The number of thiophene rings is 1. The molecule has 2 aromatic heterocycles. The molecular weight excluding hydrogens is 280 g/mol. The number of nitrogens with zero attached hydrogens (tertiary/aromatic N) is 4. The number of hydrogen-bond donors (Lipinski definition) is 0. The lowest BCUT2D eigenvalue weighted by molar-refractivity contribution is 0.0980. The van der Waals surface area contributed by atoms with E-state index in [9.17, 15) is 0 Å². The van der Waals surface area contributed by atoms with Gasteiger partial charge in [-0.05, 0) is 36.2 Å². The highest BCUT2D eigenvalue weighted by atomic mass is 32.1. The number of piperazine rings is 1. The molecule has 0 bridgehead atoms. The van der Waals surface area contributed by atoms with Crippen LogP contribution >= 0.6 is 11.3 Å². The first kappa shape index (κ1) is 14.8. The van der Waals surface area contributed by atoms with Crippen LogP contribution in [0.15, 0.2) is 29.2 Å². The van der Waals surface area contributed by atoms with Gasteiger partial charge in [-0.1, -0.05) is 0 Å². The van der Waals surface area contributed by atoms with Crippen molar-refractivity contribution in [3.05, 3.63) is 40.3 Å². The summed E-state index contributed by atoms with van der Waals surface area (Å²) in [5.74, 6) is 0. The smallest absolute Gasteiger partial charge is 0.0534 e. The van der Waals surface area contributed by atoms with Gasteiger partial charge in [-0.25, -0.2) is 0 Å². The van der Waals surface area contributed by atoms with Crippen molar-refractivity contribution in [2.75, 3.05) is 26.2 Å². The molecule has 0 unspecified atom stereocenters. The summed E-state index contributed by atoms with van der Waals surface area (Å²) in [6.45, 7) is 11.0. The highest BCUT2D eigenvalue weighted by Crippen LogP contribution is 2.23. The zero-order chi connectivity index (χ0) is 14.7.